The smallest absolute Gasteiger partial charge is 0.191 e. The average Bonchev–Trinajstić information content (AvgIpc) is 3.09. The van der Waals surface area contributed by atoms with E-state index >= 15 is 0 Å². The summed E-state index contributed by atoms with van der Waals surface area (Å²) in [6.45, 7) is 12.7. The molecule has 1 aromatic heterocycles. The van der Waals surface area contributed by atoms with Crippen molar-refractivity contribution in [3.05, 3.63) is 36.0 Å². The lowest BCUT2D eigenvalue weighted by Gasteiger charge is -2.37. The van der Waals surface area contributed by atoms with Crippen LogP contribution in [0, 0.1) is 5.92 Å². The fourth-order valence-electron chi connectivity index (χ4n) is 3.62. The molecule has 2 heterocycles. The third kappa shape index (κ3) is 5.47. The molecule has 0 aliphatic carbocycles. The minimum absolute atomic E-state index is 0.478. The van der Waals surface area contributed by atoms with Gasteiger partial charge in [-0.25, -0.2) is 4.99 Å². The Morgan fingerprint density at radius 1 is 1.22 bits per heavy atom. The molecule has 0 spiro atoms. The molecule has 1 atom stereocenters. The van der Waals surface area contributed by atoms with Gasteiger partial charge >= 0.3 is 0 Å². The Morgan fingerprint density at radius 2 is 2.00 bits per heavy atom. The lowest BCUT2D eigenvalue weighted by atomic mass is 10.0. The first-order valence-electron chi connectivity index (χ1n) is 10.1. The molecular formula is C21H33N5O. The predicted molar refractivity (Wildman–Crippen MR) is 112 cm³/mol. The van der Waals surface area contributed by atoms with E-state index in [1.54, 1.807) is 0 Å². The second kappa shape index (κ2) is 9.76. The van der Waals surface area contributed by atoms with Crippen molar-refractivity contribution in [2.45, 2.75) is 33.4 Å². The number of hydrogen-bond donors (Lipinski definition) is 3. The summed E-state index contributed by atoms with van der Waals surface area (Å²) >= 11 is 0. The zero-order valence-electron chi connectivity index (χ0n) is 16.8. The first-order valence-corrected chi connectivity index (χ1v) is 10.1. The average molecular weight is 372 g/mol. The monoisotopic (exact) mass is 371 g/mol. The normalized spacial score (nSPS) is 17.4. The van der Waals surface area contributed by atoms with Crippen LogP contribution in [-0.2, 0) is 11.3 Å². The Morgan fingerprint density at radius 3 is 2.70 bits per heavy atom. The molecule has 2 aromatic rings. The summed E-state index contributed by atoms with van der Waals surface area (Å²) in [5.41, 5.74) is 2.29. The number of para-hydroxylation sites is 1. The van der Waals surface area contributed by atoms with Gasteiger partial charge in [0.25, 0.3) is 0 Å². The number of benzene rings is 1. The van der Waals surface area contributed by atoms with Crippen molar-refractivity contribution in [3.8, 4) is 0 Å². The van der Waals surface area contributed by atoms with Gasteiger partial charge in [-0.1, -0.05) is 32.0 Å². The molecule has 6 heteroatoms. The molecule has 148 valence electrons. The van der Waals surface area contributed by atoms with Gasteiger partial charge in [0.15, 0.2) is 5.96 Å². The lowest BCUT2D eigenvalue weighted by Crippen LogP contribution is -2.52. The molecule has 1 saturated heterocycles. The van der Waals surface area contributed by atoms with Gasteiger partial charge in [0, 0.05) is 43.4 Å². The molecule has 1 fully saturated rings. The summed E-state index contributed by atoms with van der Waals surface area (Å²) < 4.78 is 5.50. The summed E-state index contributed by atoms with van der Waals surface area (Å²) in [6.07, 6.45) is 0. The van der Waals surface area contributed by atoms with Crippen LogP contribution in [-0.4, -0.2) is 61.3 Å². The molecule has 1 unspecified atom stereocenters. The highest BCUT2D eigenvalue weighted by Gasteiger charge is 2.23. The predicted octanol–water partition coefficient (Wildman–Crippen LogP) is 2.58. The second-order valence-corrected chi connectivity index (χ2v) is 7.42. The van der Waals surface area contributed by atoms with Crippen molar-refractivity contribution in [3.63, 3.8) is 0 Å². The fraction of sp³-hybridized carbons (Fsp3) is 0.571. The van der Waals surface area contributed by atoms with Gasteiger partial charge in [-0.3, -0.25) is 4.90 Å². The molecule has 1 aliphatic rings. The minimum Gasteiger partial charge on any atom is -0.379 e. The molecule has 1 aliphatic heterocycles. The van der Waals surface area contributed by atoms with Gasteiger partial charge < -0.3 is 20.4 Å². The van der Waals surface area contributed by atoms with Crippen molar-refractivity contribution in [2.75, 3.05) is 39.4 Å². The van der Waals surface area contributed by atoms with E-state index in [-0.39, 0.29) is 0 Å². The van der Waals surface area contributed by atoms with Gasteiger partial charge in [-0.05, 0) is 30.4 Å². The van der Waals surface area contributed by atoms with E-state index in [9.17, 15) is 0 Å². The Hall–Kier alpha value is -2.05. The van der Waals surface area contributed by atoms with Gasteiger partial charge in [-0.15, -0.1) is 0 Å². The van der Waals surface area contributed by atoms with Crippen molar-refractivity contribution in [2.24, 2.45) is 10.9 Å². The highest BCUT2D eigenvalue weighted by atomic mass is 16.5. The molecule has 3 rings (SSSR count). The number of guanidine groups is 1. The van der Waals surface area contributed by atoms with E-state index in [0.29, 0.717) is 18.5 Å². The van der Waals surface area contributed by atoms with E-state index in [4.69, 9.17) is 9.73 Å². The Labute approximate surface area is 162 Å². The van der Waals surface area contributed by atoms with Crippen molar-refractivity contribution in [1.82, 2.24) is 20.5 Å². The van der Waals surface area contributed by atoms with Crippen LogP contribution in [0.25, 0.3) is 10.9 Å². The highest BCUT2D eigenvalue weighted by Crippen LogP contribution is 2.15. The highest BCUT2D eigenvalue weighted by molar-refractivity contribution is 5.81. The quantitative estimate of drug-likeness (QED) is 0.517. The first-order chi connectivity index (χ1) is 13.2. The number of H-pyrrole nitrogens is 1. The van der Waals surface area contributed by atoms with E-state index < -0.39 is 0 Å². The van der Waals surface area contributed by atoms with E-state index in [1.807, 2.05) is 0 Å². The number of nitrogens with zero attached hydrogens (tertiary/aromatic N) is 2. The van der Waals surface area contributed by atoms with Crippen LogP contribution in [0.2, 0.25) is 0 Å². The van der Waals surface area contributed by atoms with Gasteiger partial charge in [0.2, 0.25) is 0 Å². The van der Waals surface area contributed by atoms with E-state index in [1.165, 1.54) is 5.39 Å². The number of hydrogen-bond acceptors (Lipinski definition) is 3. The van der Waals surface area contributed by atoms with Crippen LogP contribution < -0.4 is 10.6 Å². The number of morpholine rings is 1. The molecule has 0 amide bonds. The number of ether oxygens (including phenoxy) is 1. The Balaban J connectivity index is 1.62. The Bertz CT molecular complexity index is 700. The third-order valence-corrected chi connectivity index (χ3v) is 5.10. The summed E-state index contributed by atoms with van der Waals surface area (Å²) in [5, 5.41) is 8.14. The molecule has 3 N–H and O–H groups in total. The number of aromatic nitrogens is 1. The van der Waals surface area contributed by atoms with Crippen LogP contribution in [0.4, 0.5) is 0 Å². The van der Waals surface area contributed by atoms with Crippen LogP contribution in [0.5, 0.6) is 0 Å². The van der Waals surface area contributed by atoms with Crippen LogP contribution in [0.3, 0.4) is 0 Å². The third-order valence-electron chi connectivity index (χ3n) is 5.10. The maximum atomic E-state index is 5.50. The van der Waals surface area contributed by atoms with Crippen molar-refractivity contribution >= 4 is 16.9 Å². The number of rotatable bonds is 7. The number of nitrogens with one attached hydrogen (secondary N) is 3. The molecule has 0 saturated carbocycles. The fourth-order valence-corrected chi connectivity index (χ4v) is 3.62. The standard InChI is InChI=1S/C21H33N5O/c1-4-22-21(23-14-18-13-17-7-5-6-8-19(17)25-18)24-15-20(16(2)3)26-9-11-27-12-10-26/h5-8,13,16,20,25H,4,9-12,14-15H2,1-3H3,(H2,22,23,24). The summed E-state index contributed by atoms with van der Waals surface area (Å²) in [7, 11) is 0. The molecular weight excluding hydrogens is 338 g/mol. The molecule has 0 bridgehead atoms. The minimum atomic E-state index is 0.478. The molecule has 6 nitrogen and oxygen atoms in total. The van der Waals surface area contributed by atoms with E-state index in [2.05, 4.69) is 71.6 Å². The zero-order chi connectivity index (χ0) is 19.1. The van der Waals surface area contributed by atoms with Crippen LogP contribution in [0.15, 0.2) is 35.3 Å². The zero-order valence-corrected chi connectivity index (χ0v) is 16.8. The van der Waals surface area contributed by atoms with Crippen molar-refractivity contribution in [1.29, 1.82) is 0 Å². The second-order valence-electron chi connectivity index (χ2n) is 7.42. The molecule has 0 radical (unpaired) electrons. The first kappa shape index (κ1) is 19.7. The summed E-state index contributed by atoms with van der Waals surface area (Å²) in [4.78, 5) is 10.7. The number of aromatic amines is 1. The maximum Gasteiger partial charge on any atom is 0.191 e. The SMILES string of the molecule is CCNC(=NCc1cc2ccccc2[nH]1)NCC(C(C)C)N1CCOCC1. The summed E-state index contributed by atoms with van der Waals surface area (Å²) in [5.74, 6) is 1.45. The summed E-state index contributed by atoms with van der Waals surface area (Å²) in [6, 6.07) is 11.0. The van der Waals surface area contributed by atoms with Crippen molar-refractivity contribution < 1.29 is 4.74 Å². The van der Waals surface area contributed by atoms with Gasteiger partial charge in [-0.2, -0.15) is 0 Å². The Kier molecular flexibility index (Phi) is 7.12. The van der Waals surface area contributed by atoms with Gasteiger partial charge in [0.05, 0.1) is 19.8 Å². The largest absolute Gasteiger partial charge is 0.379 e. The molecule has 27 heavy (non-hydrogen) atoms. The van der Waals surface area contributed by atoms with Crippen LogP contribution >= 0.6 is 0 Å². The number of aliphatic imine (C=N–C) groups is 1. The number of fused-ring (bicyclic) bond motifs is 1. The lowest BCUT2D eigenvalue weighted by molar-refractivity contribution is 0.00752. The maximum absolute atomic E-state index is 5.50. The molecule has 1 aromatic carbocycles. The van der Waals surface area contributed by atoms with Gasteiger partial charge in [0.1, 0.15) is 0 Å². The topological polar surface area (TPSA) is 64.7 Å². The van der Waals surface area contributed by atoms with E-state index in [0.717, 1.165) is 56.6 Å². The van der Waals surface area contributed by atoms with Crippen LogP contribution in [0.1, 0.15) is 26.5 Å².